The van der Waals surface area contributed by atoms with Crippen LogP contribution in [0.2, 0.25) is 0 Å². The average Bonchev–Trinajstić information content (AvgIpc) is 3.14. The minimum Gasteiger partial charge on any atom is -0.485 e. The molecule has 4 rings (SSSR count). The third kappa shape index (κ3) is 3.15. The molecule has 0 atom stereocenters. The fourth-order valence-corrected chi connectivity index (χ4v) is 3.33. The van der Waals surface area contributed by atoms with Crippen molar-refractivity contribution in [2.24, 2.45) is 0 Å². The van der Waals surface area contributed by atoms with Crippen LogP contribution in [-0.2, 0) is 11.7 Å². The molecule has 27 heavy (non-hydrogen) atoms. The van der Waals surface area contributed by atoms with Crippen molar-refractivity contribution in [3.63, 3.8) is 0 Å². The van der Waals surface area contributed by atoms with Crippen molar-refractivity contribution in [1.82, 2.24) is 0 Å². The molecule has 0 saturated carbocycles. The number of ether oxygens (including phenoxy) is 3. The van der Waals surface area contributed by atoms with Crippen LogP contribution in [0, 0.1) is 0 Å². The summed E-state index contributed by atoms with van der Waals surface area (Å²) in [6, 6.07) is 23.5. The predicted molar refractivity (Wildman–Crippen MR) is 107 cm³/mol. The Morgan fingerprint density at radius 2 is 1.56 bits per heavy atom. The SMILES string of the molecule is C=CCOc1cc(CCl)cc2c1OC(c1ccccc1)(c1ccccc1)O2. The molecule has 0 N–H and O–H groups in total. The van der Waals surface area contributed by atoms with Crippen LogP contribution in [0.3, 0.4) is 0 Å². The van der Waals surface area contributed by atoms with E-state index in [2.05, 4.69) is 6.58 Å². The van der Waals surface area contributed by atoms with Gasteiger partial charge in [-0.3, -0.25) is 0 Å². The summed E-state index contributed by atoms with van der Waals surface area (Å²) in [5.41, 5.74) is 2.69. The highest BCUT2D eigenvalue weighted by molar-refractivity contribution is 6.17. The largest absolute Gasteiger partial charge is 0.485 e. The Balaban J connectivity index is 1.86. The molecule has 1 aliphatic heterocycles. The van der Waals surface area contributed by atoms with Gasteiger partial charge < -0.3 is 14.2 Å². The van der Waals surface area contributed by atoms with Gasteiger partial charge in [-0.25, -0.2) is 0 Å². The first-order valence-electron chi connectivity index (χ1n) is 8.72. The molecule has 1 heterocycles. The molecule has 3 aromatic rings. The lowest BCUT2D eigenvalue weighted by Gasteiger charge is -2.28. The van der Waals surface area contributed by atoms with Gasteiger partial charge in [0.25, 0.3) is 0 Å². The van der Waals surface area contributed by atoms with Crippen molar-refractivity contribution < 1.29 is 14.2 Å². The smallest absolute Gasteiger partial charge is 0.305 e. The van der Waals surface area contributed by atoms with E-state index in [1.165, 1.54) is 0 Å². The van der Waals surface area contributed by atoms with Gasteiger partial charge >= 0.3 is 5.79 Å². The Morgan fingerprint density at radius 3 is 2.11 bits per heavy atom. The zero-order valence-electron chi connectivity index (χ0n) is 14.7. The van der Waals surface area contributed by atoms with E-state index in [1.54, 1.807) is 6.08 Å². The minimum absolute atomic E-state index is 0.352. The highest BCUT2D eigenvalue weighted by Crippen LogP contribution is 2.52. The number of halogens is 1. The molecule has 0 aromatic heterocycles. The van der Waals surface area contributed by atoms with E-state index < -0.39 is 5.79 Å². The molecule has 136 valence electrons. The fourth-order valence-electron chi connectivity index (χ4n) is 3.18. The Hall–Kier alpha value is -2.91. The molecular formula is C23H19ClO3. The number of hydrogen-bond donors (Lipinski definition) is 0. The van der Waals surface area contributed by atoms with Gasteiger partial charge in [-0.2, -0.15) is 0 Å². The quantitative estimate of drug-likeness (QED) is 0.409. The molecule has 3 nitrogen and oxygen atoms in total. The molecule has 0 saturated heterocycles. The van der Waals surface area contributed by atoms with Crippen LogP contribution in [0.4, 0.5) is 0 Å². The number of alkyl halides is 1. The Bertz CT molecular complexity index is 899. The normalized spacial score (nSPS) is 14.0. The van der Waals surface area contributed by atoms with E-state index in [4.69, 9.17) is 25.8 Å². The monoisotopic (exact) mass is 378 g/mol. The first-order valence-corrected chi connectivity index (χ1v) is 9.26. The first-order chi connectivity index (χ1) is 13.3. The molecule has 0 bridgehead atoms. The summed E-state index contributed by atoms with van der Waals surface area (Å²) in [6.45, 7) is 4.08. The minimum atomic E-state index is -1.08. The van der Waals surface area contributed by atoms with E-state index in [-0.39, 0.29) is 0 Å². The average molecular weight is 379 g/mol. The molecule has 4 heteroatoms. The lowest BCUT2D eigenvalue weighted by molar-refractivity contribution is -0.0467. The highest BCUT2D eigenvalue weighted by Gasteiger charge is 2.46. The van der Waals surface area contributed by atoms with Gasteiger partial charge in [0.05, 0.1) is 0 Å². The van der Waals surface area contributed by atoms with Crippen molar-refractivity contribution in [3.8, 4) is 17.2 Å². The van der Waals surface area contributed by atoms with E-state index in [9.17, 15) is 0 Å². The van der Waals surface area contributed by atoms with Crippen molar-refractivity contribution >= 4 is 11.6 Å². The van der Waals surface area contributed by atoms with Crippen LogP contribution < -0.4 is 14.2 Å². The Kier molecular flexibility index (Phi) is 4.78. The van der Waals surface area contributed by atoms with E-state index >= 15 is 0 Å². The molecule has 0 radical (unpaired) electrons. The predicted octanol–water partition coefficient (Wildman–Crippen LogP) is 5.66. The zero-order valence-corrected chi connectivity index (χ0v) is 15.5. The molecular weight excluding hydrogens is 360 g/mol. The van der Waals surface area contributed by atoms with Gasteiger partial charge in [-0.05, 0) is 17.7 Å². The topological polar surface area (TPSA) is 27.7 Å². The van der Waals surface area contributed by atoms with Crippen LogP contribution >= 0.6 is 11.6 Å². The Morgan fingerprint density at radius 1 is 0.926 bits per heavy atom. The summed E-state index contributed by atoms with van der Waals surface area (Å²) in [5.74, 6) is 1.04. The summed E-state index contributed by atoms with van der Waals surface area (Å²) in [5, 5.41) is 0. The molecule has 0 amide bonds. The zero-order chi connectivity index (χ0) is 18.7. The van der Waals surface area contributed by atoms with Crippen LogP contribution in [0.15, 0.2) is 85.5 Å². The van der Waals surface area contributed by atoms with Crippen LogP contribution in [0.1, 0.15) is 16.7 Å². The third-order valence-corrected chi connectivity index (χ3v) is 4.71. The van der Waals surface area contributed by atoms with E-state index in [0.717, 1.165) is 16.7 Å². The maximum Gasteiger partial charge on any atom is 0.305 e. The molecule has 0 spiro atoms. The van der Waals surface area contributed by atoms with Crippen molar-refractivity contribution in [3.05, 3.63) is 102 Å². The van der Waals surface area contributed by atoms with Gasteiger partial charge in [0.2, 0.25) is 5.75 Å². The highest BCUT2D eigenvalue weighted by atomic mass is 35.5. The number of rotatable bonds is 6. The summed E-state index contributed by atoms with van der Waals surface area (Å²) < 4.78 is 18.7. The first kappa shape index (κ1) is 17.5. The third-order valence-electron chi connectivity index (χ3n) is 4.40. The van der Waals surface area contributed by atoms with Gasteiger partial charge in [-0.15, -0.1) is 11.6 Å². The maximum absolute atomic E-state index is 6.47. The summed E-state index contributed by atoms with van der Waals surface area (Å²) in [7, 11) is 0. The van der Waals surface area contributed by atoms with Gasteiger partial charge in [-0.1, -0.05) is 73.3 Å². The van der Waals surface area contributed by atoms with Crippen molar-refractivity contribution in [1.29, 1.82) is 0 Å². The van der Waals surface area contributed by atoms with Crippen LogP contribution in [0.5, 0.6) is 17.2 Å². The number of hydrogen-bond acceptors (Lipinski definition) is 3. The maximum atomic E-state index is 6.47. The van der Waals surface area contributed by atoms with Crippen molar-refractivity contribution in [2.75, 3.05) is 6.61 Å². The summed E-state index contributed by atoms with van der Waals surface area (Å²) in [4.78, 5) is 0. The lowest BCUT2D eigenvalue weighted by atomic mass is 9.97. The lowest BCUT2D eigenvalue weighted by Crippen LogP contribution is -2.36. The summed E-state index contributed by atoms with van der Waals surface area (Å²) >= 11 is 6.07. The second-order valence-corrected chi connectivity index (χ2v) is 6.47. The van der Waals surface area contributed by atoms with Gasteiger partial charge in [0, 0.05) is 17.0 Å². The number of fused-ring (bicyclic) bond motifs is 1. The second kappa shape index (κ2) is 7.37. The van der Waals surface area contributed by atoms with Crippen LogP contribution in [0.25, 0.3) is 0 Å². The van der Waals surface area contributed by atoms with E-state index in [0.29, 0.717) is 29.7 Å². The fraction of sp³-hybridized carbons (Fsp3) is 0.130. The van der Waals surface area contributed by atoms with Crippen molar-refractivity contribution in [2.45, 2.75) is 11.7 Å². The van der Waals surface area contributed by atoms with Crippen LogP contribution in [-0.4, -0.2) is 6.61 Å². The number of benzene rings is 3. The molecule has 3 aromatic carbocycles. The summed E-state index contributed by atoms with van der Waals surface area (Å²) in [6.07, 6.45) is 1.69. The van der Waals surface area contributed by atoms with Gasteiger partial charge in [0.15, 0.2) is 11.5 Å². The molecule has 0 aliphatic carbocycles. The Labute approximate surface area is 163 Å². The molecule has 0 fully saturated rings. The van der Waals surface area contributed by atoms with E-state index in [1.807, 2.05) is 72.8 Å². The second-order valence-electron chi connectivity index (χ2n) is 6.21. The standard InChI is InChI=1S/C23H19ClO3/c1-2-13-25-20-14-17(16-24)15-21-22(20)27-23(26-21,18-9-5-3-6-10-18)19-11-7-4-8-12-19/h2-12,14-15H,1,13,16H2. The molecule has 0 unspecified atom stereocenters. The molecule has 1 aliphatic rings. The van der Waals surface area contributed by atoms with Gasteiger partial charge in [0.1, 0.15) is 6.61 Å².